The van der Waals surface area contributed by atoms with E-state index < -0.39 is 0 Å². The molecule has 0 unspecified atom stereocenters. The Hall–Kier alpha value is -1.58. The fourth-order valence-corrected chi connectivity index (χ4v) is 1.15. The lowest BCUT2D eigenvalue weighted by Crippen LogP contribution is -2.08. The van der Waals surface area contributed by atoms with Gasteiger partial charge in [0.25, 0.3) is 0 Å². The van der Waals surface area contributed by atoms with Crippen molar-refractivity contribution in [3.05, 3.63) is 30.4 Å². The second kappa shape index (κ2) is 10.6. The topological polar surface area (TPSA) is 52.6 Å². The molecular formula is C14H21O4. The Bertz CT molecular complexity index is 305. The van der Waals surface area contributed by atoms with Gasteiger partial charge in [-0.25, -0.2) is 9.59 Å². The van der Waals surface area contributed by atoms with E-state index in [1.807, 2.05) is 6.92 Å². The van der Waals surface area contributed by atoms with Gasteiger partial charge >= 0.3 is 11.9 Å². The summed E-state index contributed by atoms with van der Waals surface area (Å²) in [6.45, 7) is 5.76. The molecule has 0 saturated heterocycles. The molecule has 1 radical (unpaired) electrons. The number of hydrogen-bond donors (Lipinski definition) is 0. The molecule has 0 fully saturated rings. The molecule has 0 bridgehead atoms. The molecule has 0 aliphatic carbocycles. The van der Waals surface area contributed by atoms with E-state index in [1.165, 1.54) is 12.2 Å². The first-order chi connectivity index (χ1) is 8.60. The Balaban J connectivity index is 3.65. The van der Waals surface area contributed by atoms with Gasteiger partial charge in [-0.3, -0.25) is 0 Å². The monoisotopic (exact) mass is 253 g/mol. The molecule has 0 aromatic carbocycles. The summed E-state index contributed by atoms with van der Waals surface area (Å²) >= 11 is 0. The number of ether oxygens (including phenoxy) is 2. The van der Waals surface area contributed by atoms with Crippen LogP contribution in [-0.2, 0) is 19.1 Å². The molecule has 0 amide bonds. The van der Waals surface area contributed by atoms with Gasteiger partial charge in [0, 0.05) is 12.2 Å². The Morgan fingerprint density at radius 1 is 1.17 bits per heavy atom. The molecule has 0 aromatic rings. The van der Waals surface area contributed by atoms with Crippen molar-refractivity contribution in [3.8, 4) is 0 Å². The van der Waals surface area contributed by atoms with Gasteiger partial charge in [-0.15, -0.1) is 0 Å². The Labute approximate surface area is 109 Å². The molecule has 0 heterocycles. The number of carbonyl (C=O) groups is 2. The van der Waals surface area contributed by atoms with Crippen molar-refractivity contribution in [1.29, 1.82) is 0 Å². The summed E-state index contributed by atoms with van der Waals surface area (Å²) in [5, 5.41) is 0. The summed E-state index contributed by atoms with van der Waals surface area (Å²) < 4.78 is 9.95. The van der Waals surface area contributed by atoms with Gasteiger partial charge in [0.2, 0.25) is 0 Å². The average Bonchev–Trinajstić information content (AvgIpc) is 2.32. The van der Waals surface area contributed by atoms with E-state index in [0.717, 1.165) is 6.42 Å². The van der Waals surface area contributed by atoms with E-state index in [9.17, 15) is 9.59 Å². The summed E-state index contributed by atoms with van der Waals surface area (Å²) in [4.78, 5) is 22.2. The fraction of sp³-hybridized carbons (Fsp3) is 0.500. The van der Waals surface area contributed by atoms with Crippen molar-refractivity contribution in [3.63, 3.8) is 0 Å². The lowest BCUT2D eigenvalue weighted by Gasteiger charge is -2.10. The molecular weight excluding hydrogens is 232 g/mol. The molecule has 101 valence electrons. The van der Waals surface area contributed by atoms with E-state index >= 15 is 0 Å². The van der Waals surface area contributed by atoms with E-state index in [-0.39, 0.29) is 11.9 Å². The lowest BCUT2D eigenvalue weighted by atomic mass is 10.2. The van der Waals surface area contributed by atoms with Crippen molar-refractivity contribution < 1.29 is 19.1 Å². The molecule has 0 aliphatic heterocycles. The van der Waals surface area contributed by atoms with E-state index in [1.54, 1.807) is 26.0 Å². The minimum atomic E-state index is -0.361. The highest BCUT2D eigenvalue weighted by molar-refractivity contribution is 5.82. The molecule has 0 saturated carbocycles. The Kier molecular flexibility index (Phi) is 9.64. The van der Waals surface area contributed by atoms with Crippen LogP contribution in [0.4, 0.5) is 0 Å². The second-order valence-corrected chi connectivity index (χ2v) is 3.70. The van der Waals surface area contributed by atoms with E-state index in [4.69, 9.17) is 9.47 Å². The molecule has 0 atom stereocenters. The van der Waals surface area contributed by atoms with Crippen molar-refractivity contribution in [2.24, 2.45) is 0 Å². The Morgan fingerprint density at radius 3 is 2.50 bits per heavy atom. The number of carbonyl (C=O) groups excluding carboxylic acids is 2. The Morgan fingerprint density at radius 2 is 1.89 bits per heavy atom. The maximum absolute atomic E-state index is 11.2. The molecule has 0 rings (SSSR count). The molecule has 0 spiro atoms. The summed E-state index contributed by atoms with van der Waals surface area (Å²) in [5.74, 6) is -0.710. The zero-order chi connectivity index (χ0) is 13.8. The number of hydrogen-bond acceptors (Lipinski definition) is 4. The fourth-order valence-electron chi connectivity index (χ4n) is 1.15. The molecule has 0 N–H and O–H groups in total. The van der Waals surface area contributed by atoms with Crippen LogP contribution in [0.3, 0.4) is 0 Å². The largest absolute Gasteiger partial charge is 0.463 e. The third-order valence-corrected chi connectivity index (χ3v) is 1.98. The van der Waals surface area contributed by atoms with Crippen LogP contribution in [0.5, 0.6) is 0 Å². The maximum Gasteiger partial charge on any atom is 0.331 e. The number of rotatable bonds is 8. The second-order valence-electron chi connectivity index (χ2n) is 3.70. The summed E-state index contributed by atoms with van der Waals surface area (Å²) in [5.41, 5.74) is 0. The standard InChI is InChI=1S/C14H21O4/c1-4-6-10-14(16)18-12(3)9-7-11-17-13(15)8-5-2/h5-6,8,10H,4,7,9,11H2,1-3H3. The minimum Gasteiger partial charge on any atom is -0.463 e. The first-order valence-corrected chi connectivity index (χ1v) is 6.10. The van der Waals surface area contributed by atoms with E-state index in [2.05, 4.69) is 0 Å². The predicted octanol–water partition coefficient (Wildman–Crippen LogP) is 2.95. The highest BCUT2D eigenvalue weighted by Crippen LogP contribution is 2.10. The first-order valence-electron chi connectivity index (χ1n) is 6.10. The number of allylic oxidation sites excluding steroid dienone is 2. The van der Waals surface area contributed by atoms with Crippen molar-refractivity contribution in [2.45, 2.75) is 40.0 Å². The van der Waals surface area contributed by atoms with Gasteiger partial charge in [0.15, 0.2) is 0 Å². The zero-order valence-corrected chi connectivity index (χ0v) is 11.3. The summed E-state index contributed by atoms with van der Waals surface area (Å²) in [6.07, 6.45) is 8.81. The molecule has 0 aromatic heterocycles. The van der Waals surface area contributed by atoms with Gasteiger partial charge in [0.1, 0.15) is 6.10 Å². The van der Waals surface area contributed by atoms with Gasteiger partial charge in [0.05, 0.1) is 6.61 Å². The van der Waals surface area contributed by atoms with Crippen molar-refractivity contribution >= 4 is 11.9 Å². The van der Waals surface area contributed by atoms with Gasteiger partial charge in [-0.2, -0.15) is 0 Å². The van der Waals surface area contributed by atoms with Crippen LogP contribution < -0.4 is 0 Å². The van der Waals surface area contributed by atoms with Crippen LogP contribution in [-0.4, -0.2) is 18.5 Å². The summed E-state index contributed by atoms with van der Waals surface area (Å²) in [7, 11) is 0. The van der Waals surface area contributed by atoms with Crippen LogP contribution in [0.15, 0.2) is 24.3 Å². The van der Waals surface area contributed by atoms with Gasteiger partial charge in [-0.1, -0.05) is 19.1 Å². The van der Waals surface area contributed by atoms with Gasteiger partial charge in [-0.05, 0) is 33.1 Å². The first kappa shape index (κ1) is 16.4. The van der Waals surface area contributed by atoms with Crippen LogP contribution in [0.25, 0.3) is 0 Å². The van der Waals surface area contributed by atoms with Crippen molar-refractivity contribution in [2.75, 3.05) is 6.61 Å². The van der Waals surface area contributed by atoms with Crippen LogP contribution in [0.1, 0.15) is 40.0 Å². The number of esters is 2. The summed E-state index contributed by atoms with van der Waals surface area (Å²) in [6, 6.07) is 0. The minimum absolute atomic E-state index is 0.322. The molecule has 4 heteroatoms. The smallest absolute Gasteiger partial charge is 0.331 e. The van der Waals surface area contributed by atoms with Crippen LogP contribution >= 0.6 is 0 Å². The molecule has 18 heavy (non-hydrogen) atoms. The van der Waals surface area contributed by atoms with Crippen LogP contribution in [0.2, 0.25) is 0 Å². The van der Waals surface area contributed by atoms with E-state index in [0.29, 0.717) is 25.6 Å². The predicted molar refractivity (Wildman–Crippen MR) is 69.4 cm³/mol. The third-order valence-electron chi connectivity index (χ3n) is 1.98. The third kappa shape index (κ3) is 9.63. The normalized spacial score (nSPS) is 11.3. The highest BCUT2D eigenvalue weighted by atomic mass is 16.5. The quantitative estimate of drug-likeness (QED) is 0.379. The van der Waals surface area contributed by atoms with Crippen molar-refractivity contribution in [1.82, 2.24) is 0 Å². The van der Waals surface area contributed by atoms with Crippen LogP contribution in [0, 0.1) is 6.10 Å². The molecule has 0 aliphatic rings. The zero-order valence-electron chi connectivity index (χ0n) is 11.3. The SMILES string of the molecule is CC=CC(=O)OCCC[C](C)OC(=O)C=CCC. The molecule has 4 nitrogen and oxygen atoms in total. The highest BCUT2D eigenvalue weighted by Gasteiger charge is 2.08. The average molecular weight is 253 g/mol. The lowest BCUT2D eigenvalue weighted by molar-refractivity contribution is -0.139. The van der Waals surface area contributed by atoms with Gasteiger partial charge < -0.3 is 9.47 Å². The maximum atomic E-state index is 11.2.